The van der Waals surface area contributed by atoms with Crippen molar-refractivity contribution < 1.29 is 13.9 Å². The fraction of sp³-hybridized carbons (Fsp3) is 0.208. The molecule has 2 N–H and O–H groups in total. The lowest BCUT2D eigenvalue weighted by molar-refractivity contribution is 0.0941. The minimum absolute atomic E-state index is 0.203. The van der Waals surface area contributed by atoms with Gasteiger partial charge in [-0.2, -0.15) is 4.98 Å². The van der Waals surface area contributed by atoms with Gasteiger partial charge in [-0.05, 0) is 23.3 Å². The first-order valence-corrected chi connectivity index (χ1v) is 11.5. The lowest BCUT2D eigenvalue weighted by atomic mass is 10.1. The van der Waals surface area contributed by atoms with E-state index < -0.39 is 0 Å². The smallest absolute Gasteiger partial charge is 0.410 e. The van der Waals surface area contributed by atoms with Gasteiger partial charge in [0.15, 0.2) is 0 Å². The highest BCUT2D eigenvalue weighted by molar-refractivity contribution is 7.17. The summed E-state index contributed by atoms with van der Waals surface area (Å²) in [5.74, 6) is 0.652. The quantitative estimate of drug-likeness (QED) is 0.478. The van der Waals surface area contributed by atoms with Crippen LogP contribution in [0.5, 0.6) is 0 Å². The van der Waals surface area contributed by atoms with Gasteiger partial charge < -0.3 is 20.3 Å². The van der Waals surface area contributed by atoms with Crippen LogP contribution in [0.3, 0.4) is 0 Å². The highest BCUT2D eigenvalue weighted by Crippen LogP contribution is 2.39. The lowest BCUT2D eigenvalue weighted by Crippen LogP contribution is -2.49. The summed E-state index contributed by atoms with van der Waals surface area (Å²) in [4.78, 5) is 26.0. The normalized spacial score (nSPS) is 14.0. The molecule has 0 saturated carbocycles. The average molecular weight is 464 g/mol. The molecule has 168 valence electrons. The van der Waals surface area contributed by atoms with Crippen molar-refractivity contribution in [3.8, 4) is 11.1 Å². The van der Waals surface area contributed by atoms with E-state index in [0.717, 1.165) is 32.7 Å². The largest absolute Gasteiger partial charge is 0.445 e. The Labute approximate surface area is 194 Å². The van der Waals surface area contributed by atoms with Crippen molar-refractivity contribution in [1.29, 1.82) is 0 Å². The molecule has 9 heteroatoms. The van der Waals surface area contributed by atoms with Crippen molar-refractivity contribution in [3.05, 3.63) is 71.4 Å². The van der Waals surface area contributed by atoms with E-state index in [2.05, 4.69) is 14.9 Å². The van der Waals surface area contributed by atoms with Gasteiger partial charge in [0.05, 0.1) is 5.39 Å². The zero-order chi connectivity index (χ0) is 22.8. The third-order valence-electron chi connectivity index (χ3n) is 5.63. The molecule has 1 fully saturated rings. The molecule has 0 unspecified atom stereocenters. The lowest BCUT2D eigenvalue weighted by Gasteiger charge is -2.35. The van der Waals surface area contributed by atoms with Crippen LogP contribution in [-0.2, 0) is 11.3 Å². The predicted molar refractivity (Wildman–Crippen MR) is 128 cm³/mol. The maximum absolute atomic E-state index is 13.4. The van der Waals surface area contributed by atoms with Crippen molar-refractivity contribution >= 4 is 39.4 Å². The Bertz CT molecular complexity index is 1270. The summed E-state index contributed by atoms with van der Waals surface area (Å²) < 4.78 is 18.9. The molecular weight excluding hydrogens is 441 g/mol. The summed E-state index contributed by atoms with van der Waals surface area (Å²) >= 11 is 1.48. The van der Waals surface area contributed by atoms with Crippen LogP contribution < -0.4 is 10.6 Å². The molecule has 33 heavy (non-hydrogen) atoms. The van der Waals surface area contributed by atoms with Gasteiger partial charge in [-0.25, -0.2) is 14.2 Å². The van der Waals surface area contributed by atoms with Crippen LogP contribution in [0.1, 0.15) is 5.56 Å². The maximum Gasteiger partial charge on any atom is 0.410 e. The van der Waals surface area contributed by atoms with E-state index in [1.165, 1.54) is 23.5 Å². The molecule has 5 rings (SSSR count). The summed E-state index contributed by atoms with van der Waals surface area (Å²) in [5.41, 5.74) is 8.77. The Morgan fingerprint density at radius 3 is 2.48 bits per heavy atom. The first kappa shape index (κ1) is 21.1. The van der Waals surface area contributed by atoms with Gasteiger partial charge in [0, 0.05) is 37.1 Å². The molecular formula is C24H22FN5O2S. The second-order valence-corrected chi connectivity index (χ2v) is 8.61. The minimum Gasteiger partial charge on any atom is -0.445 e. The van der Waals surface area contributed by atoms with E-state index in [0.29, 0.717) is 26.2 Å². The van der Waals surface area contributed by atoms with E-state index in [-0.39, 0.29) is 24.5 Å². The Morgan fingerprint density at radius 2 is 1.76 bits per heavy atom. The van der Waals surface area contributed by atoms with Gasteiger partial charge in [0.25, 0.3) is 0 Å². The summed E-state index contributed by atoms with van der Waals surface area (Å²) in [5, 5.41) is 2.88. The molecule has 0 aliphatic carbocycles. The molecule has 0 spiro atoms. The highest BCUT2D eigenvalue weighted by Gasteiger charge is 2.26. The fourth-order valence-corrected chi connectivity index (χ4v) is 4.87. The van der Waals surface area contributed by atoms with E-state index >= 15 is 0 Å². The number of rotatable bonds is 4. The minimum atomic E-state index is -0.326. The van der Waals surface area contributed by atoms with Crippen LogP contribution in [0.4, 0.5) is 21.0 Å². The zero-order valence-corrected chi connectivity index (χ0v) is 18.6. The SMILES string of the molecule is Nc1nc(N2CCN(C(=O)OCc3ccccc3)CC2)c2c(-c3ccc(F)cc3)csc2n1. The van der Waals surface area contributed by atoms with Gasteiger partial charge in [-0.15, -0.1) is 11.3 Å². The summed E-state index contributed by atoms with van der Waals surface area (Å²) in [7, 11) is 0. The number of nitrogens with zero attached hydrogens (tertiary/aromatic N) is 4. The number of carbonyl (C=O) groups excluding carboxylic acids is 1. The Kier molecular flexibility index (Phi) is 5.78. The predicted octanol–water partition coefficient (Wildman–Crippen LogP) is 4.54. The number of nitrogen functional groups attached to an aromatic ring is 1. The number of carbonyl (C=O) groups is 1. The van der Waals surface area contributed by atoms with E-state index in [1.807, 2.05) is 35.7 Å². The van der Waals surface area contributed by atoms with Gasteiger partial charge in [-0.1, -0.05) is 42.5 Å². The molecule has 1 amide bonds. The Balaban J connectivity index is 1.33. The van der Waals surface area contributed by atoms with Crippen LogP contribution in [0.25, 0.3) is 21.3 Å². The standard InChI is InChI=1S/C24H22FN5O2S/c25-18-8-6-17(7-9-18)19-15-33-22-20(19)21(27-23(26)28-22)29-10-12-30(13-11-29)24(31)32-14-16-4-2-1-3-5-16/h1-9,15H,10-14H2,(H2,26,27,28). The van der Waals surface area contributed by atoms with Gasteiger partial charge in [-0.3, -0.25) is 0 Å². The monoisotopic (exact) mass is 463 g/mol. The van der Waals surface area contributed by atoms with Crippen molar-refractivity contribution in [2.24, 2.45) is 0 Å². The number of hydrogen-bond donors (Lipinski definition) is 1. The molecule has 0 atom stereocenters. The number of ether oxygens (including phenoxy) is 1. The summed E-state index contributed by atoms with van der Waals surface area (Å²) in [6.07, 6.45) is -0.326. The highest BCUT2D eigenvalue weighted by atomic mass is 32.1. The number of hydrogen-bond acceptors (Lipinski definition) is 7. The number of piperazine rings is 1. The topological polar surface area (TPSA) is 84.6 Å². The molecule has 0 radical (unpaired) electrons. The number of benzene rings is 2. The van der Waals surface area contributed by atoms with Crippen LogP contribution in [0.15, 0.2) is 60.0 Å². The maximum atomic E-state index is 13.4. The van der Waals surface area contributed by atoms with Crippen molar-refractivity contribution in [2.75, 3.05) is 36.8 Å². The molecule has 4 aromatic rings. The Morgan fingerprint density at radius 1 is 1.03 bits per heavy atom. The van der Waals surface area contributed by atoms with Crippen molar-refractivity contribution in [1.82, 2.24) is 14.9 Å². The molecule has 2 aromatic heterocycles. The van der Waals surface area contributed by atoms with Crippen LogP contribution in [-0.4, -0.2) is 47.1 Å². The average Bonchev–Trinajstić information content (AvgIpc) is 3.27. The fourth-order valence-electron chi connectivity index (χ4n) is 3.92. The first-order valence-electron chi connectivity index (χ1n) is 10.6. The first-order chi connectivity index (χ1) is 16.1. The van der Waals surface area contributed by atoms with Gasteiger partial charge >= 0.3 is 6.09 Å². The van der Waals surface area contributed by atoms with Crippen LogP contribution >= 0.6 is 11.3 Å². The van der Waals surface area contributed by atoms with Gasteiger partial charge in [0.1, 0.15) is 23.1 Å². The second-order valence-electron chi connectivity index (χ2n) is 7.76. The van der Waals surface area contributed by atoms with E-state index in [9.17, 15) is 9.18 Å². The molecule has 3 heterocycles. The van der Waals surface area contributed by atoms with Gasteiger partial charge in [0.2, 0.25) is 5.95 Å². The second kappa shape index (κ2) is 9.03. The van der Waals surface area contributed by atoms with Crippen LogP contribution in [0.2, 0.25) is 0 Å². The molecule has 2 aromatic carbocycles. The number of amides is 1. The van der Waals surface area contributed by atoms with E-state index in [4.69, 9.17) is 10.5 Å². The summed E-state index contributed by atoms with van der Waals surface area (Å²) in [6, 6.07) is 16.0. The van der Waals surface area contributed by atoms with E-state index in [1.54, 1.807) is 17.0 Å². The molecule has 1 saturated heterocycles. The number of aromatic nitrogens is 2. The van der Waals surface area contributed by atoms with Crippen molar-refractivity contribution in [3.63, 3.8) is 0 Å². The third kappa shape index (κ3) is 4.45. The van der Waals surface area contributed by atoms with Crippen molar-refractivity contribution in [2.45, 2.75) is 6.61 Å². The molecule has 7 nitrogen and oxygen atoms in total. The van der Waals surface area contributed by atoms with Crippen LogP contribution in [0, 0.1) is 5.82 Å². The number of anilines is 2. The number of halogens is 1. The molecule has 1 aliphatic rings. The molecule has 1 aliphatic heterocycles. The Hall–Kier alpha value is -3.72. The number of thiophene rings is 1. The summed E-state index contributed by atoms with van der Waals surface area (Å²) in [6.45, 7) is 2.44. The zero-order valence-electron chi connectivity index (χ0n) is 17.8. The molecule has 0 bridgehead atoms. The number of fused-ring (bicyclic) bond motifs is 1. The number of nitrogens with two attached hydrogens (primary N) is 1. The third-order valence-corrected chi connectivity index (χ3v) is 6.50.